The molecule has 0 saturated carbocycles. The summed E-state index contributed by atoms with van der Waals surface area (Å²) in [6.07, 6.45) is 0.828. The van der Waals surface area contributed by atoms with E-state index in [4.69, 9.17) is 0 Å². The Morgan fingerprint density at radius 3 is 2.07 bits per heavy atom. The van der Waals surface area contributed by atoms with Gasteiger partial charge in [0.2, 0.25) is 0 Å². The smallest absolute Gasteiger partial charge is 0.207 e. The SMILES string of the molecule is CCc1ccc(S(=O)(=O)N/N=C(\c2ccccc2)c2ccc(F)cc2)cc1. The summed E-state index contributed by atoms with van der Waals surface area (Å²) in [5.74, 6) is -0.372. The van der Waals surface area contributed by atoms with E-state index in [1.165, 1.54) is 12.1 Å². The fourth-order valence-corrected chi connectivity index (χ4v) is 3.37. The lowest BCUT2D eigenvalue weighted by Crippen LogP contribution is -2.21. The van der Waals surface area contributed by atoms with E-state index in [9.17, 15) is 12.8 Å². The molecule has 4 nitrogen and oxygen atoms in total. The van der Waals surface area contributed by atoms with Gasteiger partial charge in [0.25, 0.3) is 10.0 Å². The average molecular weight is 382 g/mol. The van der Waals surface area contributed by atoms with Crippen LogP contribution in [0.2, 0.25) is 0 Å². The third-order valence-electron chi connectivity index (χ3n) is 4.08. The summed E-state index contributed by atoms with van der Waals surface area (Å²) >= 11 is 0. The minimum atomic E-state index is -3.82. The van der Waals surface area contributed by atoms with Gasteiger partial charge in [-0.15, -0.1) is 0 Å². The number of nitrogens with one attached hydrogen (secondary N) is 1. The van der Waals surface area contributed by atoms with Crippen LogP contribution in [0.5, 0.6) is 0 Å². The lowest BCUT2D eigenvalue weighted by Gasteiger charge is -2.09. The third-order valence-corrected chi connectivity index (χ3v) is 5.31. The number of nitrogens with zero attached hydrogens (tertiary/aromatic N) is 1. The van der Waals surface area contributed by atoms with Crippen molar-refractivity contribution in [1.82, 2.24) is 4.83 Å². The summed E-state index contributed by atoms with van der Waals surface area (Å²) in [5.41, 5.74) is 2.78. The van der Waals surface area contributed by atoms with E-state index in [1.54, 1.807) is 36.4 Å². The second-order valence-electron chi connectivity index (χ2n) is 5.93. The van der Waals surface area contributed by atoms with E-state index in [2.05, 4.69) is 9.93 Å². The summed E-state index contributed by atoms with van der Waals surface area (Å²) < 4.78 is 38.4. The van der Waals surface area contributed by atoms with Crippen LogP contribution in [-0.4, -0.2) is 14.1 Å². The van der Waals surface area contributed by atoms with E-state index in [1.807, 2.05) is 37.3 Å². The lowest BCUT2D eigenvalue weighted by molar-refractivity contribution is 0.584. The molecule has 0 bridgehead atoms. The van der Waals surface area contributed by atoms with Crippen LogP contribution >= 0.6 is 0 Å². The number of aryl methyl sites for hydroxylation is 1. The van der Waals surface area contributed by atoms with Crippen LogP contribution in [-0.2, 0) is 16.4 Å². The van der Waals surface area contributed by atoms with Crippen molar-refractivity contribution in [3.63, 3.8) is 0 Å². The van der Waals surface area contributed by atoms with Crippen LogP contribution < -0.4 is 4.83 Å². The lowest BCUT2D eigenvalue weighted by atomic mass is 10.0. The Hall–Kier alpha value is -2.99. The number of hydrogen-bond acceptors (Lipinski definition) is 3. The van der Waals surface area contributed by atoms with Gasteiger partial charge >= 0.3 is 0 Å². The molecule has 3 aromatic rings. The Morgan fingerprint density at radius 1 is 0.889 bits per heavy atom. The first kappa shape index (κ1) is 18.8. The summed E-state index contributed by atoms with van der Waals surface area (Å²) in [6.45, 7) is 2.00. The van der Waals surface area contributed by atoms with E-state index < -0.39 is 10.0 Å². The van der Waals surface area contributed by atoms with Crippen LogP contribution in [0.3, 0.4) is 0 Å². The van der Waals surface area contributed by atoms with E-state index in [0.717, 1.165) is 12.0 Å². The Kier molecular flexibility index (Phi) is 5.66. The molecule has 0 radical (unpaired) electrons. The molecule has 0 aliphatic heterocycles. The summed E-state index contributed by atoms with van der Waals surface area (Å²) in [6, 6.07) is 21.5. The molecule has 1 N–H and O–H groups in total. The zero-order valence-electron chi connectivity index (χ0n) is 14.8. The summed E-state index contributed by atoms with van der Waals surface area (Å²) in [5, 5.41) is 4.14. The van der Waals surface area contributed by atoms with Crippen LogP contribution in [0, 0.1) is 5.82 Å². The van der Waals surface area contributed by atoms with Gasteiger partial charge in [0, 0.05) is 11.1 Å². The van der Waals surface area contributed by atoms with Crippen LogP contribution in [0.1, 0.15) is 23.6 Å². The van der Waals surface area contributed by atoms with Crippen molar-refractivity contribution < 1.29 is 12.8 Å². The molecule has 27 heavy (non-hydrogen) atoms. The molecule has 3 aromatic carbocycles. The number of halogens is 1. The molecule has 0 aromatic heterocycles. The van der Waals surface area contributed by atoms with Crippen LogP contribution in [0.15, 0.2) is 88.9 Å². The molecule has 0 aliphatic carbocycles. The molecule has 0 aliphatic rings. The minimum Gasteiger partial charge on any atom is -0.207 e. The molecule has 3 rings (SSSR count). The average Bonchev–Trinajstić information content (AvgIpc) is 2.70. The summed E-state index contributed by atoms with van der Waals surface area (Å²) in [4.78, 5) is 2.43. The quantitative estimate of drug-likeness (QED) is 0.515. The predicted molar refractivity (Wildman–Crippen MR) is 105 cm³/mol. The molecule has 6 heteroatoms. The van der Waals surface area contributed by atoms with E-state index in [-0.39, 0.29) is 10.7 Å². The standard InChI is InChI=1S/C21H19FN2O2S/c1-2-16-8-14-20(15-9-16)27(25,26)24-23-21(17-6-4-3-5-7-17)18-10-12-19(22)13-11-18/h3-15,24H,2H2,1H3/b23-21+. The van der Waals surface area contributed by atoms with Gasteiger partial charge in [-0.1, -0.05) is 49.4 Å². The highest BCUT2D eigenvalue weighted by atomic mass is 32.2. The number of hydrazone groups is 1. The maximum Gasteiger partial charge on any atom is 0.276 e. The molecule has 138 valence electrons. The maximum atomic E-state index is 13.3. The monoisotopic (exact) mass is 382 g/mol. The zero-order chi connectivity index (χ0) is 19.3. The minimum absolute atomic E-state index is 0.134. The Morgan fingerprint density at radius 2 is 1.48 bits per heavy atom. The number of sulfonamides is 1. The second-order valence-corrected chi connectivity index (χ2v) is 7.59. The molecule has 0 atom stereocenters. The Balaban J connectivity index is 1.96. The molecule has 0 spiro atoms. The summed E-state index contributed by atoms with van der Waals surface area (Å²) in [7, 11) is -3.82. The Labute approximate surface area is 158 Å². The number of rotatable bonds is 6. The molecular formula is C21H19FN2O2S. The normalized spacial score (nSPS) is 12.0. The molecule has 0 amide bonds. The first-order valence-electron chi connectivity index (χ1n) is 8.49. The van der Waals surface area contributed by atoms with Crippen molar-refractivity contribution in [2.75, 3.05) is 0 Å². The van der Waals surface area contributed by atoms with Gasteiger partial charge in [0.05, 0.1) is 10.6 Å². The molecule has 0 saturated heterocycles. The fourth-order valence-electron chi connectivity index (χ4n) is 2.56. The molecule has 0 fully saturated rings. The van der Waals surface area contributed by atoms with Crippen LogP contribution in [0.25, 0.3) is 0 Å². The number of benzene rings is 3. The molecule has 0 unspecified atom stereocenters. The highest BCUT2D eigenvalue weighted by molar-refractivity contribution is 7.89. The first-order valence-corrected chi connectivity index (χ1v) is 9.98. The Bertz CT molecular complexity index is 1030. The molecule has 0 heterocycles. The zero-order valence-corrected chi connectivity index (χ0v) is 15.6. The fraction of sp³-hybridized carbons (Fsp3) is 0.0952. The largest absolute Gasteiger partial charge is 0.276 e. The number of hydrogen-bond donors (Lipinski definition) is 1. The van der Waals surface area contributed by atoms with Gasteiger partial charge in [-0.2, -0.15) is 18.4 Å². The highest BCUT2D eigenvalue weighted by Crippen LogP contribution is 2.14. The van der Waals surface area contributed by atoms with Gasteiger partial charge in [-0.25, -0.2) is 4.39 Å². The van der Waals surface area contributed by atoms with Crippen molar-refractivity contribution >= 4 is 15.7 Å². The van der Waals surface area contributed by atoms with Gasteiger partial charge < -0.3 is 0 Å². The highest BCUT2D eigenvalue weighted by Gasteiger charge is 2.14. The van der Waals surface area contributed by atoms with E-state index in [0.29, 0.717) is 16.8 Å². The predicted octanol–water partition coefficient (Wildman–Crippen LogP) is 4.12. The second kappa shape index (κ2) is 8.14. The van der Waals surface area contributed by atoms with Gasteiger partial charge in [0.1, 0.15) is 5.82 Å². The van der Waals surface area contributed by atoms with Gasteiger partial charge in [0.15, 0.2) is 0 Å². The maximum absolute atomic E-state index is 13.3. The van der Waals surface area contributed by atoms with Crippen molar-refractivity contribution in [3.8, 4) is 0 Å². The van der Waals surface area contributed by atoms with Crippen molar-refractivity contribution in [3.05, 3.63) is 101 Å². The first-order chi connectivity index (χ1) is 13.0. The topological polar surface area (TPSA) is 58.5 Å². The van der Waals surface area contributed by atoms with Crippen molar-refractivity contribution in [2.45, 2.75) is 18.2 Å². The van der Waals surface area contributed by atoms with Crippen LogP contribution in [0.4, 0.5) is 4.39 Å². The van der Waals surface area contributed by atoms with E-state index >= 15 is 0 Å². The van der Waals surface area contributed by atoms with Crippen molar-refractivity contribution in [2.24, 2.45) is 5.10 Å². The third kappa shape index (κ3) is 4.60. The molecular weight excluding hydrogens is 363 g/mol. The van der Waals surface area contributed by atoms with Gasteiger partial charge in [-0.05, 0) is 48.4 Å². The van der Waals surface area contributed by atoms with Gasteiger partial charge in [-0.3, -0.25) is 0 Å². The van der Waals surface area contributed by atoms with Crippen molar-refractivity contribution in [1.29, 1.82) is 0 Å².